The third-order valence-corrected chi connectivity index (χ3v) is 5.93. The normalized spacial score (nSPS) is 16.6. The van der Waals surface area contributed by atoms with Gasteiger partial charge in [-0.1, -0.05) is 30.3 Å². The van der Waals surface area contributed by atoms with E-state index in [-0.39, 0.29) is 36.5 Å². The van der Waals surface area contributed by atoms with E-state index in [1.807, 2.05) is 44.2 Å². The predicted molar refractivity (Wildman–Crippen MR) is 135 cm³/mol. The Labute approximate surface area is 202 Å². The van der Waals surface area contributed by atoms with Gasteiger partial charge in [-0.05, 0) is 51.3 Å². The van der Waals surface area contributed by atoms with E-state index < -0.39 is 0 Å². The number of guanidine groups is 1. The number of likely N-dealkylation sites (tertiary alicyclic amines) is 1. The highest BCUT2D eigenvalue weighted by Crippen LogP contribution is 2.19. The lowest BCUT2D eigenvalue weighted by atomic mass is 9.97. The molecule has 1 atom stereocenters. The van der Waals surface area contributed by atoms with E-state index in [4.69, 9.17) is 4.42 Å². The van der Waals surface area contributed by atoms with Gasteiger partial charge in [0.15, 0.2) is 5.96 Å². The van der Waals surface area contributed by atoms with Crippen LogP contribution in [0.1, 0.15) is 41.7 Å². The Morgan fingerprint density at radius 2 is 1.94 bits per heavy atom. The third-order valence-electron chi connectivity index (χ3n) is 5.93. The summed E-state index contributed by atoms with van der Waals surface area (Å²) in [5.74, 6) is 3.20. The maximum Gasteiger partial charge on any atom is 0.208 e. The SMILES string of the molecule is CN=C(NCC1CCN(Cc2nc(C)c(C)o2)CC1)NCC(CO)c1ccccc1.I. The highest BCUT2D eigenvalue weighted by molar-refractivity contribution is 14.0. The molecule has 172 valence electrons. The zero-order valence-electron chi connectivity index (χ0n) is 18.8. The summed E-state index contributed by atoms with van der Waals surface area (Å²) in [5.41, 5.74) is 2.12. The molecule has 0 saturated carbocycles. The Hall–Kier alpha value is -1.65. The predicted octanol–water partition coefficient (Wildman–Crippen LogP) is 3.06. The Morgan fingerprint density at radius 1 is 1.23 bits per heavy atom. The number of aliphatic imine (C=N–C) groups is 1. The fourth-order valence-electron chi connectivity index (χ4n) is 3.84. The van der Waals surface area contributed by atoms with Crippen LogP contribution in [0.25, 0.3) is 0 Å². The van der Waals surface area contributed by atoms with E-state index >= 15 is 0 Å². The maximum absolute atomic E-state index is 9.73. The number of aryl methyl sites for hydroxylation is 2. The van der Waals surface area contributed by atoms with Gasteiger partial charge in [-0.25, -0.2) is 4.98 Å². The number of nitrogens with one attached hydrogen (secondary N) is 2. The van der Waals surface area contributed by atoms with Crippen LogP contribution in [-0.2, 0) is 6.54 Å². The molecule has 1 unspecified atom stereocenters. The molecule has 0 aliphatic carbocycles. The minimum atomic E-state index is 0. The fourth-order valence-corrected chi connectivity index (χ4v) is 3.84. The van der Waals surface area contributed by atoms with E-state index in [9.17, 15) is 5.11 Å². The monoisotopic (exact) mass is 541 g/mol. The second-order valence-corrected chi connectivity index (χ2v) is 8.09. The summed E-state index contributed by atoms with van der Waals surface area (Å²) < 4.78 is 5.72. The number of aliphatic hydroxyl groups excluding tert-OH is 1. The molecule has 2 heterocycles. The number of nitrogens with zero attached hydrogens (tertiary/aromatic N) is 3. The number of aromatic nitrogens is 1. The van der Waals surface area contributed by atoms with Crippen molar-refractivity contribution >= 4 is 29.9 Å². The van der Waals surface area contributed by atoms with Crippen LogP contribution in [0.4, 0.5) is 0 Å². The van der Waals surface area contributed by atoms with Crippen LogP contribution in [0.15, 0.2) is 39.7 Å². The number of hydrogen-bond acceptors (Lipinski definition) is 5. The number of aliphatic hydroxyl groups is 1. The minimum Gasteiger partial charge on any atom is -0.444 e. The van der Waals surface area contributed by atoms with Gasteiger partial charge in [0.2, 0.25) is 5.89 Å². The topological polar surface area (TPSA) is 85.9 Å². The van der Waals surface area contributed by atoms with Crippen molar-refractivity contribution in [3.8, 4) is 0 Å². The molecule has 7 nitrogen and oxygen atoms in total. The second kappa shape index (κ2) is 13.0. The number of halogens is 1. The molecule has 8 heteroatoms. The molecule has 3 rings (SSSR count). The van der Waals surface area contributed by atoms with Crippen molar-refractivity contribution in [2.75, 3.05) is 39.8 Å². The van der Waals surface area contributed by atoms with Gasteiger partial charge in [0.05, 0.1) is 18.8 Å². The summed E-state index contributed by atoms with van der Waals surface area (Å²) in [6, 6.07) is 10.1. The Morgan fingerprint density at radius 3 is 2.52 bits per heavy atom. The molecule has 1 aliphatic rings. The Balaban J connectivity index is 0.00000341. The van der Waals surface area contributed by atoms with E-state index in [0.29, 0.717) is 12.5 Å². The van der Waals surface area contributed by atoms with Crippen molar-refractivity contribution < 1.29 is 9.52 Å². The van der Waals surface area contributed by atoms with Gasteiger partial charge in [-0.3, -0.25) is 9.89 Å². The van der Waals surface area contributed by atoms with Crippen LogP contribution in [0.5, 0.6) is 0 Å². The lowest BCUT2D eigenvalue weighted by molar-refractivity contribution is 0.164. The van der Waals surface area contributed by atoms with Gasteiger partial charge < -0.3 is 20.2 Å². The highest BCUT2D eigenvalue weighted by atomic mass is 127. The van der Waals surface area contributed by atoms with Gasteiger partial charge in [0.1, 0.15) is 5.76 Å². The molecule has 1 aliphatic heterocycles. The molecule has 3 N–H and O–H groups in total. The van der Waals surface area contributed by atoms with Crippen LogP contribution in [0.3, 0.4) is 0 Å². The fraction of sp³-hybridized carbons (Fsp3) is 0.565. The van der Waals surface area contributed by atoms with Crippen LogP contribution in [-0.4, -0.2) is 60.8 Å². The summed E-state index contributed by atoms with van der Waals surface area (Å²) in [4.78, 5) is 11.2. The van der Waals surface area contributed by atoms with Gasteiger partial charge in [-0.2, -0.15) is 0 Å². The quantitative estimate of drug-likeness (QED) is 0.271. The van der Waals surface area contributed by atoms with Crippen molar-refractivity contribution in [3.05, 3.63) is 53.2 Å². The zero-order valence-corrected chi connectivity index (χ0v) is 21.1. The summed E-state index contributed by atoms with van der Waals surface area (Å²) in [6.45, 7) is 8.51. The second-order valence-electron chi connectivity index (χ2n) is 8.09. The molecule has 1 fully saturated rings. The van der Waals surface area contributed by atoms with Gasteiger partial charge in [0, 0.05) is 26.1 Å². The molecule has 0 amide bonds. The minimum absolute atomic E-state index is 0. The van der Waals surface area contributed by atoms with Crippen molar-refractivity contribution in [1.82, 2.24) is 20.5 Å². The van der Waals surface area contributed by atoms with Gasteiger partial charge in [0.25, 0.3) is 0 Å². The molecule has 1 aromatic carbocycles. The first kappa shape index (κ1) is 25.6. The Kier molecular flexibility index (Phi) is 10.8. The molecule has 2 aromatic rings. The summed E-state index contributed by atoms with van der Waals surface area (Å²) in [7, 11) is 1.79. The first-order valence-corrected chi connectivity index (χ1v) is 10.8. The summed E-state index contributed by atoms with van der Waals surface area (Å²) in [5, 5.41) is 16.5. The molecule has 0 bridgehead atoms. The summed E-state index contributed by atoms with van der Waals surface area (Å²) in [6.07, 6.45) is 2.29. The number of hydrogen-bond donors (Lipinski definition) is 3. The highest BCUT2D eigenvalue weighted by Gasteiger charge is 2.21. The van der Waals surface area contributed by atoms with Crippen molar-refractivity contribution in [2.45, 2.75) is 39.2 Å². The van der Waals surface area contributed by atoms with Crippen molar-refractivity contribution in [2.24, 2.45) is 10.9 Å². The van der Waals surface area contributed by atoms with Crippen LogP contribution in [0.2, 0.25) is 0 Å². The lowest BCUT2D eigenvalue weighted by Crippen LogP contribution is -2.44. The summed E-state index contributed by atoms with van der Waals surface area (Å²) >= 11 is 0. The van der Waals surface area contributed by atoms with Crippen molar-refractivity contribution in [3.63, 3.8) is 0 Å². The standard InChI is InChI=1S/C23H35N5O2.HI/c1-17-18(2)30-22(27-17)15-28-11-9-19(10-12-28)13-25-23(24-3)26-14-21(16-29)20-7-5-4-6-8-20;/h4-8,19,21,29H,9-16H2,1-3H3,(H2,24,25,26);1H. The van der Waals surface area contributed by atoms with Crippen LogP contribution in [0, 0.1) is 19.8 Å². The molecule has 1 aromatic heterocycles. The van der Waals surface area contributed by atoms with Crippen LogP contribution >= 0.6 is 24.0 Å². The number of piperidine rings is 1. The molecule has 0 spiro atoms. The first-order valence-electron chi connectivity index (χ1n) is 10.8. The molecule has 0 radical (unpaired) electrons. The average molecular weight is 541 g/mol. The average Bonchev–Trinajstić information content (AvgIpc) is 3.09. The van der Waals surface area contributed by atoms with E-state index in [2.05, 4.69) is 25.5 Å². The molecule has 1 saturated heterocycles. The van der Waals surface area contributed by atoms with Gasteiger partial charge >= 0.3 is 0 Å². The number of oxazole rings is 1. The number of benzene rings is 1. The third kappa shape index (κ3) is 7.76. The van der Waals surface area contributed by atoms with E-state index in [1.165, 1.54) is 0 Å². The first-order chi connectivity index (χ1) is 14.6. The van der Waals surface area contributed by atoms with Crippen molar-refractivity contribution in [1.29, 1.82) is 0 Å². The molecule has 31 heavy (non-hydrogen) atoms. The molecular formula is C23H36IN5O2. The largest absolute Gasteiger partial charge is 0.444 e. The maximum atomic E-state index is 9.73. The molecular weight excluding hydrogens is 505 g/mol. The van der Waals surface area contributed by atoms with E-state index in [0.717, 1.165) is 67.9 Å². The van der Waals surface area contributed by atoms with Gasteiger partial charge in [-0.15, -0.1) is 24.0 Å². The van der Waals surface area contributed by atoms with E-state index in [1.54, 1.807) is 7.05 Å². The van der Waals surface area contributed by atoms with Crippen LogP contribution < -0.4 is 10.6 Å². The lowest BCUT2D eigenvalue weighted by Gasteiger charge is -2.31. The number of rotatable bonds is 8. The smallest absolute Gasteiger partial charge is 0.208 e. The Bertz CT molecular complexity index is 784. The zero-order chi connectivity index (χ0) is 21.3.